The van der Waals surface area contributed by atoms with E-state index in [2.05, 4.69) is 4.98 Å². The topological polar surface area (TPSA) is 63.4 Å². The molecule has 2 heterocycles. The van der Waals surface area contributed by atoms with E-state index in [1.54, 1.807) is 17.4 Å². The molecule has 2 aromatic rings. The normalized spacial score (nSPS) is 9.29. The molecule has 0 aliphatic heterocycles. The standard InChI is InChI=1S/C10H5N3S/c11-5-7-4-8(13-9(7)6-12)10-2-1-3-14-10/h1-4,13H. The number of nitrogens with zero attached hydrogens (tertiary/aromatic N) is 2. The Balaban J connectivity index is 2.55. The molecule has 0 aliphatic rings. The Morgan fingerprint density at radius 2 is 2.14 bits per heavy atom. The van der Waals surface area contributed by atoms with Crippen molar-refractivity contribution in [1.82, 2.24) is 4.98 Å². The molecule has 3 nitrogen and oxygen atoms in total. The second kappa shape index (κ2) is 3.37. The molecule has 0 atom stereocenters. The zero-order chi connectivity index (χ0) is 9.97. The van der Waals surface area contributed by atoms with E-state index in [9.17, 15) is 0 Å². The maximum absolute atomic E-state index is 8.74. The zero-order valence-electron chi connectivity index (χ0n) is 7.11. The molecule has 2 rings (SSSR count). The summed E-state index contributed by atoms with van der Waals surface area (Å²) in [6.07, 6.45) is 0. The second-order valence-corrected chi connectivity index (χ2v) is 3.62. The number of H-pyrrole nitrogens is 1. The summed E-state index contributed by atoms with van der Waals surface area (Å²) in [7, 11) is 0. The van der Waals surface area contributed by atoms with Gasteiger partial charge in [-0.1, -0.05) is 6.07 Å². The lowest BCUT2D eigenvalue weighted by molar-refractivity contribution is 1.32. The second-order valence-electron chi connectivity index (χ2n) is 2.67. The first kappa shape index (κ1) is 8.55. The third-order valence-electron chi connectivity index (χ3n) is 1.84. The molecule has 2 aromatic heterocycles. The van der Waals surface area contributed by atoms with Crippen LogP contribution in [0.3, 0.4) is 0 Å². The van der Waals surface area contributed by atoms with Crippen LogP contribution < -0.4 is 0 Å². The van der Waals surface area contributed by atoms with Crippen molar-refractivity contribution >= 4 is 11.3 Å². The van der Waals surface area contributed by atoms with Crippen molar-refractivity contribution in [3.63, 3.8) is 0 Å². The predicted molar refractivity (Wildman–Crippen MR) is 53.5 cm³/mol. The fourth-order valence-corrected chi connectivity index (χ4v) is 1.89. The lowest BCUT2D eigenvalue weighted by atomic mass is 10.2. The number of nitrogens with one attached hydrogen (secondary N) is 1. The molecule has 0 amide bonds. The van der Waals surface area contributed by atoms with E-state index in [4.69, 9.17) is 10.5 Å². The van der Waals surface area contributed by atoms with E-state index in [-0.39, 0.29) is 0 Å². The minimum absolute atomic E-state index is 0.330. The van der Waals surface area contributed by atoms with E-state index < -0.39 is 0 Å². The van der Waals surface area contributed by atoms with Gasteiger partial charge in [0, 0.05) is 0 Å². The molecule has 0 spiro atoms. The van der Waals surface area contributed by atoms with Crippen LogP contribution in [0.5, 0.6) is 0 Å². The molecule has 0 aromatic carbocycles. The number of aromatic amines is 1. The van der Waals surface area contributed by atoms with E-state index in [1.165, 1.54) is 0 Å². The molecule has 0 saturated heterocycles. The first-order valence-corrected chi connectivity index (χ1v) is 4.80. The van der Waals surface area contributed by atoms with E-state index >= 15 is 0 Å². The number of hydrogen-bond acceptors (Lipinski definition) is 3. The highest BCUT2D eigenvalue weighted by Crippen LogP contribution is 2.25. The highest BCUT2D eigenvalue weighted by Gasteiger charge is 2.08. The van der Waals surface area contributed by atoms with Gasteiger partial charge in [-0.25, -0.2) is 0 Å². The smallest absolute Gasteiger partial charge is 0.136 e. The lowest BCUT2D eigenvalue weighted by Gasteiger charge is -1.87. The molecule has 0 saturated carbocycles. The Labute approximate surface area is 84.9 Å². The van der Waals surface area contributed by atoms with Crippen molar-refractivity contribution in [3.8, 4) is 22.7 Å². The van der Waals surface area contributed by atoms with Crippen LogP contribution in [0.25, 0.3) is 10.6 Å². The van der Waals surface area contributed by atoms with Crippen molar-refractivity contribution < 1.29 is 0 Å². The van der Waals surface area contributed by atoms with Crippen LogP contribution >= 0.6 is 11.3 Å². The Bertz CT molecular complexity index is 491. The summed E-state index contributed by atoms with van der Waals surface area (Å²) >= 11 is 1.57. The lowest BCUT2D eigenvalue weighted by Crippen LogP contribution is -1.76. The van der Waals surface area contributed by atoms with Crippen LogP contribution in [-0.4, -0.2) is 4.98 Å². The summed E-state index contributed by atoms with van der Waals surface area (Å²) in [5, 5.41) is 19.4. The van der Waals surface area contributed by atoms with Crippen molar-refractivity contribution in [2.24, 2.45) is 0 Å². The molecule has 66 valence electrons. The molecule has 1 N–H and O–H groups in total. The van der Waals surface area contributed by atoms with Gasteiger partial charge in [0.05, 0.1) is 16.1 Å². The number of aromatic nitrogens is 1. The average molecular weight is 199 g/mol. The van der Waals surface area contributed by atoms with Crippen LogP contribution in [0.2, 0.25) is 0 Å². The fourth-order valence-electron chi connectivity index (χ4n) is 1.20. The molecule has 0 radical (unpaired) electrons. The molecule has 14 heavy (non-hydrogen) atoms. The average Bonchev–Trinajstić information content (AvgIpc) is 2.85. The molecule has 0 aliphatic carbocycles. The summed E-state index contributed by atoms with van der Waals surface area (Å²) in [6, 6.07) is 9.51. The molecular formula is C10H5N3S. The number of nitriles is 2. The summed E-state index contributed by atoms with van der Waals surface area (Å²) in [6.45, 7) is 0. The number of thiophene rings is 1. The van der Waals surface area contributed by atoms with E-state index in [0.717, 1.165) is 10.6 Å². The predicted octanol–water partition coefficient (Wildman–Crippen LogP) is 2.49. The van der Waals surface area contributed by atoms with Crippen LogP contribution in [0.15, 0.2) is 23.6 Å². The van der Waals surface area contributed by atoms with Gasteiger partial charge in [-0.15, -0.1) is 11.3 Å². The fraction of sp³-hybridized carbons (Fsp3) is 0. The van der Waals surface area contributed by atoms with Crippen LogP contribution in [-0.2, 0) is 0 Å². The van der Waals surface area contributed by atoms with Crippen molar-refractivity contribution in [1.29, 1.82) is 10.5 Å². The summed E-state index contributed by atoms with van der Waals surface area (Å²) in [4.78, 5) is 3.94. The monoisotopic (exact) mass is 199 g/mol. The first-order valence-electron chi connectivity index (χ1n) is 3.92. The van der Waals surface area contributed by atoms with Gasteiger partial charge >= 0.3 is 0 Å². The van der Waals surface area contributed by atoms with Gasteiger partial charge < -0.3 is 4.98 Å². The van der Waals surface area contributed by atoms with E-state index in [0.29, 0.717) is 11.3 Å². The third kappa shape index (κ3) is 1.28. The zero-order valence-corrected chi connectivity index (χ0v) is 7.93. The first-order chi connectivity index (χ1) is 6.85. The Kier molecular flexibility index (Phi) is 2.06. The van der Waals surface area contributed by atoms with E-state index in [1.807, 2.05) is 29.7 Å². The quantitative estimate of drug-likeness (QED) is 0.766. The van der Waals surface area contributed by atoms with Gasteiger partial charge in [0.25, 0.3) is 0 Å². The van der Waals surface area contributed by atoms with Gasteiger partial charge in [-0.2, -0.15) is 10.5 Å². The Hall–Kier alpha value is -2.04. The van der Waals surface area contributed by atoms with Crippen molar-refractivity contribution in [3.05, 3.63) is 34.8 Å². The molecule has 0 fully saturated rings. The number of hydrogen-bond donors (Lipinski definition) is 1. The van der Waals surface area contributed by atoms with Gasteiger partial charge in [0.2, 0.25) is 0 Å². The highest BCUT2D eigenvalue weighted by atomic mass is 32.1. The van der Waals surface area contributed by atoms with Crippen molar-refractivity contribution in [2.45, 2.75) is 0 Å². The molecule has 0 unspecified atom stereocenters. The minimum Gasteiger partial charge on any atom is -0.345 e. The van der Waals surface area contributed by atoms with Crippen molar-refractivity contribution in [2.75, 3.05) is 0 Å². The third-order valence-corrected chi connectivity index (χ3v) is 2.74. The largest absolute Gasteiger partial charge is 0.345 e. The van der Waals surface area contributed by atoms with Gasteiger partial charge in [-0.3, -0.25) is 0 Å². The highest BCUT2D eigenvalue weighted by molar-refractivity contribution is 7.13. The number of rotatable bonds is 1. The Morgan fingerprint density at radius 3 is 2.64 bits per heavy atom. The summed E-state index contributed by atoms with van der Waals surface area (Å²) in [5.41, 5.74) is 1.56. The summed E-state index contributed by atoms with van der Waals surface area (Å²) < 4.78 is 0. The molecular weight excluding hydrogens is 194 g/mol. The molecule has 4 heteroatoms. The maximum atomic E-state index is 8.74. The Morgan fingerprint density at radius 1 is 1.29 bits per heavy atom. The molecule has 0 bridgehead atoms. The maximum Gasteiger partial charge on any atom is 0.136 e. The van der Waals surface area contributed by atoms with Gasteiger partial charge in [0.15, 0.2) is 0 Å². The minimum atomic E-state index is 0.330. The van der Waals surface area contributed by atoms with Crippen LogP contribution in [0.1, 0.15) is 11.3 Å². The van der Waals surface area contributed by atoms with Crippen LogP contribution in [0.4, 0.5) is 0 Å². The van der Waals surface area contributed by atoms with Gasteiger partial charge in [-0.05, 0) is 17.5 Å². The van der Waals surface area contributed by atoms with Crippen LogP contribution in [0, 0.1) is 22.7 Å². The SMILES string of the molecule is N#Cc1cc(-c2cccs2)[nH]c1C#N. The summed E-state index contributed by atoms with van der Waals surface area (Å²) in [5.74, 6) is 0. The van der Waals surface area contributed by atoms with Gasteiger partial charge in [0.1, 0.15) is 17.8 Å².